The number of hydrogen-bond acceptors (Lipinski definition) is 4. The first-order valence-corrected chi connectivity index (χ1v) is 9.46. The van der Waals surface area contributed by atoms with Gasteiger partial charge in [-0.15, -0.1) is 0 Å². The highest BCUT2D eigenvalue weighted by Gasteiger charge is 2.12. The lowest BCUT2D eigenvalue weighted by Crippen LogP contribution is -2.15. The highest BCUT2D eigenvalue weighted by atomic mass is 35.5. The van der Waals surface area contributed by atoms with E-state index in [1.165, 1.54) is 11.8 Å². The van der Waals surface area contributed by atoms with E-state index in [0.717, 1.165) is 23.2 Å². The zero-order valence-corrected chi connectivity index (χ0v) is 15.6. The van der Waals surface area contributed by atoms with Crippen LogP contribution in [-0.4, -0.2) is 26.6 Å². The van der Waals surface area contributed by atoms with Gasteiger partial charge in [0.15, 0.2) is 10.8 Å². The first kappa shape index (κ1) is 17.8. The second-order valence-corrected chi connectivity index (χ2v) is 7.20. The maximum absolute atomic E-state index is 12.3. The Morgan fingerprint density at radius 2 is 2.20 bits per heavy atom. The fourth-order valence-electron chi connectivity index (χ4n) is 2.50. The van der Waals surface area contributed by atoms with Crippen LogP contribution in [-0.2, 0) is 4.79 Å². The van der Waals surface area contributed by atoms with Gasteiger partial charge in [-0.1, -0.05) is 55.4 Å². The molecule has 3 aromatic rings. The minimum atomic E-state index is -0.0628. The van der Waals surface area contributed by atoms with Crippen molar-refractivity contribution in [2.45, 2.75) is 31.3 Å². The molecule has 130 valence electrons. The molecular weight excluding hydrogens is 356 g/mol. The van der Waals surface area contributed by atoms with E-state index in [1.807, 2.05) is 18.2 Å². The molecule has 0 bridgehead atoms. The molecule has 1 aromatic carbocycles. The third kappa shape index (κ3) is 4.32. The summed E-state index contributed by atoms with van der Waals surface area (Å²) in [7, 11) is 0. The molecule has 2 N–H and O–H groups in total. The van der Waals surface area contributed by atoms with E-state index in [0.29, 0.717) is 21.7 Å². The highest BCUT2D eigenvalue weighted by molar-refractivity contribution is 7.99. The van der Waals surface area contributed by atoms with Crippen LogP contribution in [0.2, 0.25) is 5.02 Å². The summed E-state index contributed by atoms with van der Waals surface area (Å²) in [6.45, 7) is 4.30. The van der Waals surface area contributed by atoms with Crippen LogP contribution in [0.1, 0.15) is 31.7 Å². The minimum Gasteiger partial charge on any atom is -0.331 e. The fraction of sp³-hybridized carbons (Fsp3) is 0.278. The van der Waals surface area contributed by atoms with Gasteiger partial charge in [0.05, 0.1) is 16.3 Å². The molecule has 0 spiro atoms. The molecule has 3 rings (SSSR count). The second-order valence-electron chi connectivity index (χ2n) is 5.80. The molecular formula is C18H19ClN4OS. The number of rotatable bonds is 6. The molecule has 25 heavy (non-hydrogen) atoms. The number of anilines is 1. The van der Waals surface area contributed by atoms with Crippen molar-refractivity contribution in [2.75, 3.05) is 11.1 Å². The SMILES string of the molecule is CC[C@@H](C)c1ccccc1NC(=O)CSc1nc2ncc(Cl)cc2[nH]1. The van der Waals surface area contributed by atoms with Gasteiger partial charge in [-0.05, 0) is 30.0 Å². The van der Waals surface area contributed by atoms with Crippen LogP contribution in [0.15, 0.2) is 41.7 Å². The molecule has 2 heterocycles. The van der Waals surface area contributed by atoms with E-state index in [1.54, 1.807) is 12.3 Å². The third-order valence-electron chi connectivity index (χ3n) is 4.00. The Labute approximate surface area is 155 Å². The summed E-state index contributed by atoms with van der Waals surface area (Å²) in [5.74, 6) is 0.602. The van der Waals surface area contributed by atoms with Crippen LogP contribution in [0.5, 0.6) is 0 Å². The number of halogens is 1. The maximum atomic E-state index is 12.3. The minimum absolute atomic E-state index is 0.0628. The predicted molar refractivity (Wildman–Crippen MR) is 103 cm³/mol. The molecule has 5 nitrogen and oxygen atoms in total. The van der Waals surface area contributed by atoms with Gasteiger partial charge >= 0.3 is 0 Å². The van der Waals surface area contributed by atoms with E-state index in [2.05, 4.69) is 40.2 Å². The van der Waals surface area contributed by atoms with Crippen LogP contribution in [0.4, 0.5) is 5.69 Å². The number of H-pyrrole nitrogens is 1. The van der Waals surface area contributed by atoms with Crippen molar-refractivity contribution in [3.05, 3.63) is 47.1 Å². The number of nitrogens with one attached hydrogen (secondary N) is 2. The van der Waals surface area contributed by atoms with E-state index in [9.17, 15) is 4.79 Å². The number of hydrogen-bond donors (Lipinski definition) is 2. The number of nitrogens with zero attached hydrogens (tertiary/aromatic N) is 2. The third-order valence-corrected chi connectivity index (χ3v) is 5.08. The molecule has 0 radical (unpaired) electrons. The molecule has 0 aliphatic heterocycles. The largest absolute Gasteiger partial charge is 0.331 e. The molecule has 2 aromatic heterocycles. The zero-order chi connectivity index (χ0) is 17.8. The van der Waals surface area contributed by atoms with Gasteiger partial charge in [0, 0.05) is 11.9 Å². The Balaban J connectivity index is 1.65. The second kappa shape index (κ2) is 7.89. The van der Waals surface area contributed by atoms with Crippen LogP contribution in [0, 0.1) is 0 Å². The number of imidazole rings is 1. The number of carbonyl (C=O) groups excluding carboxylic acids is 1. The van der Waals surface area contributed by atoms with Gasteiger partial charge in [0.1, 0.15) is 0 Å². The Hall–Kier alpha value is -2.05. The number of para-hydroxylation sites is 1. The summed E-state index contributed by atoms with van der Waals surface area (Å²) >= 11 is 7.25. The lowest BCUT2D eigenvalue weighted by molar-refractivity contribution is -0.113. The summed E-state index contributed by atoms with van der Waals surface area (Å²) < 4.78 is 0. The molecule has 1 amide bonds. The van der Waals surface area contributed by atoms with Crippen LogP contribution in [0.3, 0.4) is 0 Å². The molecule has 0 fully saturated rings. The van der Waals surface area contributed by atoms with Gasteiger partial charge in [-0.25, -0.2) is 9.97 Å². The fourth-order valence-corrected chi connectivity index (χ4v) is 3.33. The summed E-state index contributed by atoms with van der Waals surface area (Å²) in [6, 6.07) is 9.70. The number of fused-ring (bicyclic) bond motifs is 1. The van der Waals surface area contributed by atoms with E-state index in [4.69, 9.17) is 11.6 Å². The quantitative estimate of drug-likeness (QED) is 0.604. The number of benzene rings is 1. The van der Waals surface area contributed by atoms with Gasteiger partial charge in [-0.2, -0.15) is 0 Å². The average Bonchev–Trinajstić information content (AvgIpc) is 3.02. The van der Waals surface area contributed by atoms with Crippen LogP contribution < -0.4 is 5.32 Å². The Kier molecular flexibility index (Phi) is 5.60. The lowest BCUT2D eigenvalue weighted by atomic mass is 9.97. The van der Waals surface area contributed by atoms with Crippen molar-refractivity contribution in [3.8, 4) is 0 Å². The van der Waals surface area contributed by atoms with Crippen molar-refractivity contribution in [2.24, 2.45) is 0 Å². The number of aromatic nitrogens is 3. The number of carbonyl (C=O) groups is 1. The molecule has 0 aliphatic rings. The normalized spacial score (nSPS) is 12.3. The Morgan fingerprint density at radius 3 is 3.00 bits per heavy atom. The van der Waals surface area contributed by atoms with Gasteiger partial charge < -0.3 is 10.3 Å². The van der Waals surface area contributed by atoms with E-state index < -0.39 is 0 Å². The lowest BCUT2D eigenvalue weighted by Gasteiger charge is -2.15. The van der Waals surface area contributed by atoms with E-state index in [-0.39, 0.29) is 11.7 Å². The Morgan fingerprint density at radius 1 is 1.40 bits per heavy atom. The smallest absolute Gasteiger partial charge is 0.234 e. The summed E-state index contributed by atoms with van der Waals surface area (Å²) in [5.41, 5.74) is 3.39. The topological polar surface area (TPSA) is 70.7 Å². The number of pyridine rings is 1. The molecule has 0 aliphatic carbocycles. The monoisotopic (exact) mass is 374 g/mol. The highest BCUT2D eigenvalue weighted by Crippen LogP contribution is 2.27. The number of aromatic amines is 1. The Bertz CT molecular complexity index is 896. The van der Waals surface area contributed by atoms with Gasteiger partial charge in [0.25, 0.3) is 0 Å². The molecule has 1 atom stereocenters. The average molecular weight is 375 g/mol. The van der Waals surface area contributed by atoms with E-state index >= 15 is 0 Å². The van der Waals surface area contributed by atoms with Crippen LogP contribution in [0.25, 0.3) is 11.2 Å². The molecule has 7 heteroatoms. The summed E-state index contributed by atoms with van der Waals surface area (Å²) in [4.78, 5) is 23.9. The van der Waals surface area contributed by atoms with Gasteiger partial charge in [0.2, 0.25) is 5.91 Å². The standard InChI is InChI=1S/C18H19ClN4OS/c1-3-11(2)13-6-4-5-7-14(13)21-16(24)10-25-18-22-15-8-12(19)9-20-17(15)23-18/h4-9,11H,3,10H2,1-2H3,(H,21,24)(H,20,22,23)/t11-/m1/s1. The first-order chi connectivity index (χ1) is 12.1. The number of thioether (sulfide) groups is 1. The van der Waals surface area contributed by atoms with Crippen molar-refractivity contribution < 1.29 is 4.79 Å². The van der Waals surface area contributed by atoms with Crippen molar-refractivity contribution in [3.63, 3.8) is 0 Å². The van der Waals surface area contributed by atoms with Gasteiger partial charge in [-0.3, -0.25) is 4.79 Å². The molecule has 0 unspecified atom stereocenters. The first-order valence-electron chi connectivity index (χ1n) is 8.09. The van der Waals surface area contributed by atoms with Crippen molar-refractivity contribution in [1.29, 1.82) is 0 Å². The van der Waals surface area contributed by atoms with Crippen molar-refractivity contribution >= 4 is 46.1 Å². The predicted octanol–water partition coefficient (Wildman–Crippen LogP) is 4.86. The summed E-state index contributed by atoms with van der Waals surface area (Å²) in [5, 5.41) is 4.20. The molecule has 0 saturated heterocycles. The summed E-state index contributed by atoms with van der Waals surface area (Å²) in [6.07, 6.45) is 2.58. The van der Waals surface area contributed by atoms with Crippen molar-refractivity contribution in [1.82, 2.24) is 15.0 Å². The number of amides is 1. The molecule has 0 saturated carbocycles. The van der Waals surface area contributed by atoms with Crippen LogP contribution >= 0.6 is 23.4 Å². The zero-order valence-electron chi connectivity index (χ0n) is 14.0. The maximum Gasteiger partial charge on any atom is 0.234 e.